The van der Waals surface area contributed by atoms with E-state index >= 15 is 0 Å². The van der Waals surface area contributed by atoms with Crippen molar-refractivity contribution in [3.8, 4) is 0 Å². The third kappa shape index (κ3) is 2.97. The van der Waals surface area contributed by atoms with E-state index in [0.717, 1.165) is 16.1 Å². The van der Waals surface area contributed by atoms with Crippen LogP contribution in [0.5, 0.6) is 0 Å². The molecule has 1 aromatic heterocycles. The molecule has 5 heteroatoms. The fraction of sp³-hybridized carbons (Fsp3) is 0.250. The number of rotatable bonds is 3. The van der Waals surface area contributed by atoms with Gasteiger partial charge >= 0.3 is 0 Å². The highest BCUT2D eigenvalue weighted by Crippen LogP contribution is 2.32. The summed E-state index contributed by atoms with van der Waals surface area (Å²) in [5.74, 6) is -0.611. The Labute approximate surface area is 127 Å². The quantitative estimate of drug-likeness (QED) is 0.915. The third-order valence-electron chi connectivity index (χ3n) is 3.55. The molecule has 0 fully saturated rings. The zero-order chi connectivity index (χ0) is 14.8. The van der Waals surface area contributed by atoms with Crippen LogP contribution in [0.4, 0.5) is 5.69 Å². The Morgan fingerprint density at radius 1 is 1.33 bits per heavy atom. The SMILES string of the molecule is Cc1ccc(CNC(=O)[C@@H]2CC(=O)Nc3ccccc32)s1. The van der Waals surface area contributed by atoms with Gasteiger partial charge < -0.3 is 10.6 Å². The third-order valence-corrected chi connectivity index (χ3v) is 4.55. The number of nitrogens with one attached hydrogen (secondary N) is 2. The highest BCUT2D eigenvalue weighted by molar-refractivity contribution is 7.11. The van der Waals surface area contributed by atoms with Crippen LogP contribution in [0, 0.1) is 6.92 Å². The molecular weight excluding hydrogens is 284 g/mol. The molecule has 1 aromatic carbocycles. The van der Waals surface area contributed by atoms with Gasteiger partial charge in [0.25, 0.3) is 0 Å². The van der Waals surface area contributed by atoms with Gasteiger partial charge in [0.15, 0.2) is 0 Å². The second-order valence-corrected chi connectivity index (χ2v) is 6.49. The molecule has 0 spiro atoms. The molecule has 108 valence electrons. The van der Waals surface area contributed by atoms with Gasteiger partial charge in [0.1, 0.15) is 0 Å². The monoisotopic (exact) mass is 300 g/mol. The molecule has 4 nitrogen and oxygen atoms in total. The first-order valence-electron chi connectivity index (χ1n) is 6.85. The molecule has 21 heavy (non-hydrogen) atoms. The maximum atomic E-state index is 12.4. The summed E-state index contributed by atoms with van der Waals surface area (Å²) < 4.78 is 0. The number of hydrogen-bond donors (Lipinski definition) is 2. The van der Waals surface area contributed by atoms with Crippen LogP contribution in [0.25, 0.3) is 0 Å². The van der Waals surface area contributed by atoms with Crippen LogP contribution in [0.2, 0.25) is 0 Å². The minimum absolute atomic E-state index is 0.0941. The minimum atomic E-state index is -0.406. The van der Waals surface area contributed by atoms with Crippen molar-refractivity contribution in [2.75, 3.05) is 5.32 Å². The van der Waals surface area contributed by atoms with Gasteiger partial charge in [0.05, 0.1) is 12.5 Å². The van der Waals surface area contributed by atoms with E-state index in [1.54, 1.807) is 11.3 Å². The fourth-order valence-corrected chi connectivity index (χ4v) is 3.35. The molecule has 2 amide bonds. The van der Waals surface area contributed by atoms with Gasteiger partial charge in [-0.05, 0) is 30.7 Å². The summed E-state index contributed by atoms with van der Waals surface area (Å²) in [4.78, 5) is 26.5. The van der Waals surface area contributed by atoms with Gasteiger partial charge in [0, 0.05) is 21.9 Å². The smallest absolute Gasteiger partial charge is 0.228 e. The van der Waals surface area contributed by atoms with E-state index in [1.165, 1.54) is 4.88 Å². The summed E-state index contributed by atoms with van der Waals surface area (Å²) in [6.07, 6.45) is 0.201. The Kier molecular flexibility index (Phi) is 3.75. The molecule has 2 heterocycles. The van der Waals surface area contributed by atoms with E-state index in [1.807, 2.05) is 43.3 Å². The van der Waals surface area contributed by atoms with Gasteiger partial charge in [-0.3, -0.25) is 9.59 Å². The van der Waals surface area contributed by atoms with Crippen molar-refractivity contribution in [2.45, 2.75) is 25.8 Å². The lowest BCUT2D eigenvalue weighted by Crippen LogP contribution is -2.34. The number of aryl methyl sites for hydroxylation is 1. The summed E-state index contributed by atoms with van der Waals surface area (Å²) in [7, 11) is 0. The Morgan fingerprint density at radius 3 is 2.90 bits per heavy atom. The average Bonchev–Trinajstić information content (AvgIpc) is 2.89. The van der Waals surface area contributed by atoms with Crippen LogP contribution >= 0.6 is 11.3 Å². The van der Waals surface area contributed by atoms with Crippen molar-refractivity contribution in [2.24, 2.45) is 0 Å². The molecule has 3 rings (SSSR count). The van der Waals surface area contributed by atoms with Crippen LogP contribution in [0.15, 0.2) is 36.4 Å². The van der Waals surface area contributed by atoms with Crippen molar-refractivity contribution in [1.29, 1.82) is 0 Å². The molecule has 0 aliphatic carbocycles. The van der Waals surface area contributed by atoms with Crippen molar-refractivity contribution in [3.05, 3.63) is 51.7 Å². The highest BCUT2D eigenvalue weighted by Gasteiger charge is 2.30. The standard InChI is InChI=1S/C16H16N2O2S/c1-10-6-7-11(21-10)9-17-16(20)13-8-15(19)18-14-5-3-2-4-12(13)14/h2-7,13H,8-9H2,1H3,(H,17,20)(H,18,19)/t13-/m1/s1. The number of fused-ring (bicyclic) bond motifs is 1. The molecule has 1 aliphatic rings. The lowest BCUT2D eigenvalue weighted by molar-refractivity contribution is -0.126. The van der Waals surface area contributed by atoms with Gasteiger partial charge in [-0.25, -0.2) is 0 Å². The fourth-order valence-electron chi connectivity index (χ4n) is 2.52. The topological polar surface area (TPSA) is 58.2 Å². The summed E-state index contributed by atoms with van der Waals surface area (Å²) in [5.41, 5.74) is 1.62. The van der Waals surface area contributed by atoms with E-state index in [9.17, 15) is 9.59 Å². The Morgan fingerprint density at radius 2 is 2.14 bits per heavy atom. The Bertz CT molecular complexity index is 693. The number of hydrogen-bond acceptors (Lipinski definition) is 3. The van der Waals surface area contributed by atoms with Gasteiger partial charge in [0.2, 0.25) is 11.8 Å². The Hall–Kier alpha value is -2.14. The molecule has 0 saturated heterocycles. The normalized spacial score (nSPS) is 17.0. The summed E-state index contributed by atoms with van der Waals surface area (Å²) in [6, 6.07) is 11.5. The van der Waals surface area contributed by atoms with Crippen LogP contribution in [-0.2, 0) is 16.1 Å². The van der Waals surface area contributed by atoms with Crippen LogP contribution in [-0.4, -0.2) is 11.8 Å². The van der Waals surface area contributed by atoms with E-state index < -0.39 is 5.92 Å². The van der Waals surface area contributed by atoms with Crippen molar-refractivity contribution in [1.82, 2.24) is 5.32 Å². The lowest BCUT2D eigenvalue weighted by Gasteiger charge is -2.24. The number of amides is 2. The molecule has 0 radical (unpaired) electrons. The summed E-state index contributed by atoms with van der Waals surface area (Å²) in [6.45, 7) is 2.55. The van der Waals surface area contributed by atoms with E-state index in [4.69, 9.17) is 0 Å². The van der Waals surface area contributed by atoms with Crippen LogP contribution < -0.4 is 10.6 Å². The van der Waals surface area contributed by atoms with Crippen LogP contribution in [0.3, 0.4) is 0 Å². The largest absolute Gasteiger partial charge is 0.351 e. The van der Waals surface area contributed by atoms with Gasteiger partial charge in [-0.15, -0.1) is 11.3 Å². The number of carbonyl (C=O) groups is 2. The number of anilines is 1. The Balaban J connectivity index is 1.74. The first-order valence-corrected chi connectivity index (χ1v) is 7.67. The number of benzene rings is 1. The summed E-state index contributed by atoms with van der Waals surface area (Å²) in [5, 5.41) is 5.74. The molecule has 0 saturated carbocycles. The highest BCUT2D eigenvalue weighted by atomic mass is 32.1. The van der Waals surface area contributed by atoms with E-state index in [-0.39, 0.29) is 18.2 Å². The minimum Gasteiger partial charge on any atom is -0.351 e. The lowest BCUT2D eigenvalue weighted by atomic mass is 9.90. The molecule has 1 atom stereocenters. The maximum Gasteiger partial charge on any atom is 0.228 e. The summed E-state index contributed by atoms with van der Waals surface area (Å²) >= 11 is 1.67. The second-order valence-electron chi connectivity index (χ2n) is 5.12. The zero-order valence-electron chi connectivity index (χ0n) is 11.7. The molecule has 0 bridgehead atoms. The molecule has 0 unspecified atom stereocenters. The van der Waals surface area contributed by atoms with Gasteiger partial charge in [-0.2, -0.15) is 0 Å². The number of para-hydroxylation sites is 1. The first-order chi connectivity index (χ1) is 10.1. The first kappa shape index (κ1) is 13.8. The van der Waals surface area contributed by atoms with Crippen molar-refractivity contribution < 1.29 is 9.59 Å². The number of carbonyl (C=O) groups excluding carboxylic acids is 2. The molecule has 2 aromatic rings. The number of thiophene rings is 1. The maximum absolute atomic E-state index is 12.4. The van der Waals surface area contributed by atoms with Crippen molar-refractivity contribution >= 4 is 28.8 Å². The molecular formula is C16H16N2O2S. The molecule has 1 aliphatic heterocycles. The van der Waals surface area contributed by atoms with Crippen LogP contribution in [0.1, 0.15) is 27.7 Å². The van der Waals surface area contributed by atoms with E-state index in [0.29, 0.717) is 6.54 Å². The zero-order valence-corrected chi connectivity index (χ0v) is 12.5. The molecule has 2 N–H and O–H groups in total. The second kappa shape index (κ2) is 5.69. The predicted octanol–water partition coefficient (Wildman–Crippen LogP) is 2.80. The predicted molar refractivity (Wildman–Crippen MR) is 83.3 cm³/mol. The van der Waals surface area contributed by atoms with Crippen molar-refractivity contribution in [3.63, 3.8) is 0 Å². The van der Waals surface area contributed by atoms with E-state index in [2.05, 4.69) is 10.6 Å². The van der Waals surface area contributed by atoms with Gasteiger partial charge in [-0.1, -0.05) is 18.2 Å². The average molecular weight is 300 g/mol.